The minimum Gasteiger partial charge on any atom is -0.413 e. The summed E-state index contributed by atoms with van der Waals surface area (Å²) in [6.07, 6.45) is 4.31. The summed E-state index contributed by atoms with van der Waals surface area (Å²) in [5, 5.41) is 0.309. The van der Waals surface area contributed by atoms with Gasteiger partial charge in [0, 0.05) is 0 Å². The van der Waals surface area contributed by atoms with E-state index in [1.165, 1.54) is 18.4 Å². The number of hydrogen-bond acceptors (Lipinski definition) is 1. The summed E-state index contributed by atoms with van der Waals surface area (Å²) in [6.45, 7) is 11.8. The van der Waals surface area contributed by atoms with Crippen molar-refractivity contribution in [1.82, 2.24) is 0 Å². The Hall–Kier alpha value is -0.603. The fourth-order valence-electron chi connectivity index (χ4n) is 3.49. The lowest BCUT2D eigenvalue weighted by Gasteiger charge is -2.50. The van der Waals surface area contributed by atoms with Crippen LogP contribution in [0.25, 0.3) is 0 Å². The lowest BCUT2D eigenvalue weighted by Crippen LogP contribution is -2.50. The second-order valence-corrected chi connectivity index (χ2v) is 12.9. The topological polar surface area (TPSA) is 9.23 Å². The van der Waals surface area contributed by atoms with E-state index in [4.69, 9.17) is 4.43 Å². The lowest BCUT2D eigenvalue weighted by molar-refractivity contribution is 0.0420. The SMILES string of the molecule is CC(C)(C)[Si](C)(C)O[C@@H]1Cc2ccccc2[C@@H]2CC[C@H]12. The van der Waals surface area contributed by atoms with Gasteiger partial charge in [0.05, 0.1) is 6.10 Å². The molecule has 2 heteroatoms. The molecule has 0 unspecified atom stereocenters. The molecule has 0 spiro atoms. The molecule has 2 aliphatic carbocycles. The van der Waals surface area contributed by atoms with Crippen LogP contribution < -0.4 is 0 Å². The molecule has 1 aromatic carbocycles. The molecule has 1 fully saturated rings. The maximum absolute atomic E-state index is 6.77. The Morgan fingerprint density at radius 3 is 2.40 bits per heavy atom. The van der Waals surface area contributed by atoms with Gasteiger partial charge < -0.3 is 4.43 Å². The highest BCUT2D eigenvalue weighted by Gasteiger charge is 2.47. The van der Waals surface area contributed by atoms with Crippen LogP contribution in [0.3, 0.4) is 0 Å². The normalized spacial score (nSPS) is 29.4. The van der Waals surface area contributed by atoms with E-state index >= 15 is 0 Å². The first-order valence-electron chi connectivity index (χ1n) is 8.05. The standard InChI is InChI=1S/C18H28OSi/c1-18(2,3)20(4,5)19-17-12-13-8-6-7-9-14(13)15-10-11-16(15)17/h6-9,15-17H,10-12H2,1-5H3/t15-,16-,17+/m0/s1. The number of fused-ring (bicyclic) bond motifs is 3. The van der Waals surface area contributed by atoms with E-state index in [0.29, 0.717) is 11.1 Å². The molecule has 1 aromatic rings. The highest BCUT2D eigenvalue weighted by molar-refractivity contribution is 6.74. The van der Waals surface area contributed by atoms with Gasteiger partial charge in [-0.1, -0.05) is 45.0 Å². The Bertz CT molecular complexity index is 500. The van der Waals surface area contributed by atoms with Crippen LogP contribution >= 0.6 is 0 Å². The van der Waals surface area contributed by atoms with Crippen molar-refractivity contribution in [3.8, 4) is 0 Å². The molecule has 0 aliphatic heterocycles. The third-order valence-corrected chi connectivity index (χ3v) is 10.4. The van der Waals surface area contributed by atoms with Crippen molar-refractivity contribution in [2.75, 3.05) is 0 Å². The number of rotatable bonds is 2. The van der Waals surface area contributed by atoms with Gasteiger partial charge in [-0.25, -0.2) is 0 Å². The van der Waals surface area contributed by atoms with Crippen molar-refractivity contribution >= 4 is 8.32 Å². The molecule has 1 saturated carbocycles. The maximum Gasteiger partial charge on any atom is 0.192 e. The summed E-state index contributed by atoms with van der Waals surface area (Å²) in [5.74, 6) is 1.55. The van der Waals surface area contributed by atoms with Gasteiger partial charge in [0.2, 0.25) is 0 Å². The quantitative estimate of drug-likeness (QED) is 0.686. The van der Waals surface area contributed by atoms with Crippen molar-refractivity contribution < 1.29 is 4.43 Å². The van der Waals surface area contributed by atoms with Crippen LogP contribution in [0.2, 0.25) is 18.1 Å². The van der Waals surface area contributed by atoms with E-state index in [0.717, 1.165) is 18.3 Å². The maximum atomic E-state index is 6.77. The number of hydrogen-bond donors (Lipinski definition) is 0. The average molecular weight is 289 g/mol. The smallest absolute Gasteiger partial charge is 0.192 e. The molecule has 3 atom stereocenters. The van der Waals surface area contributed by atoms with Crippen molar-refractivity contribution in [1.29, 1.82) is 0 Å². The Kier molecular flexibility index (Phi) is 3.37. The van der Waals surface area contributed by atoms with Crippen LogP contribution in [0, 0.1) is 5.92 Å². The molecule has 0 radical (unpaired) electrons. The van der Waals surface area contributed by atoms with Crippen LogP contribution in [0.1, 0.15) is 50.7 Å². The summed E-state index contributed by atoms with van der Waals surface area (Å²) in [6, 6.07) is 9.03. The highest BCUT2D eigenvalue weighted by atomic mass is 28.4. The minimum absolute atomic E-state index is 0.309. The van der Waals surface area contributed by atoms with Gasteiger partial charge in [-0.15, -0.1) is 0 Å². The third kappa shape index (κ3) is 2.27. The van der Waals surface area contributed by atoms with Crippen molar-refractivity contribution in [3.63, 3.8) is 0 Å². The fraction of sp³-hybridized carbons (Fsp3) is 0.667. The average Bonchev–Trinajstić information content (AvgIpc) is 2.27. The molecule has 2 aliphatic rings. The molecule has 3 rings (SSSR count). The van der Waals surface area contributed by atoms with Crippen molar-refractivity contribution in [3.05, 3.63) is 35.4 Å². The minimum atomic E-state index is -1.65. The Balaban J connectivity index is 1.83. The summed E-state index contributed by atoms with van der Waals surface area (Å²) < 4.78 is 6.77. The van der Waals surface area contributed by atoms with Crippen LogP contribution in [-0.4, -0.2) is 14.4 Å². The van der Waals surface area contributed by atoms with Gasteiger partial charge in [-0.05, 0) is 60.4 Å². The molecular weight excluding hydrogens is 260 g/mol. The monoisotopic (exact) mass is 288 g/mol. The van der Waals surface area contributed by atoms with Gasteiger partial charge in [0.15, 0.2) is 8.32 Å². The molecule has 0 saturated heterocycles. The van der Waals surface area contributed by atoms with E-state index in [1.54, 1.807) is 5.56 Å². The van der Waals surface area contributed by atoms with Crippen LogP contribution in [0.4, 0.5) is 0 Å². The molecule has 0 bridgehead atoms. The summed E-state index contributed by atoms with van der Waals surface area (Å²) in [5.41, 5.74) is 3.15. The van der Waals surface area contributed by atoms with Gasteiger partial charge in [-0.3, -0.25) is 0 Å². The van der Waals surface area contributed by atoms with Gasteiger partial charge in [-0.2, -0.15) is 0 Å². The van der Waals surface area contributed by atoms with Gasteiger partial charge in [0.25, 0.3) is 0 Å². The van der Waals surface area contributed by atoms with Crippen LogP contribution in [0.15, 0.2) is 24.3 Å². The van der Waals surface area contributed by atoms with Crippen LogP contribution in [0.5, 0.6) is 0 Å². The Labute approximate surface area is 124 Å². The second kappa shape index (κ2) is 4.71. The molecule has 20 heavy (non-hydrogen) atoms. The molecule has 110 valence electrons. The van der Waals surface area contributed by atoms with Gasteiger partial charge >= 0.3 is 0 Å². The summed E-state index contributed by atoms with van der Waals surface area (Å²) in [4.78, 5) is 0. The van der Waals surface area contributed by atoms with E-state index < -0.39 is 8.32 Å². The van der Waals surface area contributed by atoms with E-state index in [-0.39, 0.29) is 0 Å². The highest BCUT2D eigenvalue weighted by Crippen LogP contribution is 2.52. The van der Waals surface area contributed by atoms with Crippen LogP contribution in [-0.2, 0) is 10.8 Å². The Morgan fingerprint density at radius 2 is 1.80 bits per heavy atom. The number of benzene rings is 1. The van der Waals surface area contributed by atoms with Gasteiger partial charge in [0.1, 0.15) is 0 Å². The lowest BCUT2D eigenvalue weighted by atomic mass is 9.62. The third-order valence-electron chi connectivity index (χ3n) is 5.93. The first-order valence-corrected chi connectivity index (χ1v) is 11.0. The zero-order chi connectivity index (χ0) is 14.5. The van der Waals surface area contributed by atoms with E-state index in [1.807, 2.05) is 0 Å². The second-order valence-electron chi connectivity index (χ2n) is 8.17. The summed E-state index contributed by atoms with van der Waals surface area (Å²) in [7, 11) is -1.65. The molecule has 0 amide bonds. The van der Waals surface area contributed by atoms with Crippen molar-refractivity contribution in [2.24, 2.45) is 5.92 Å². The zero-order valence-electron chi connectivity index (χ0n) is 13.6. The zero-order valence-corrected chi connectivity index (χ0v) is 14.6. The van der Waals surface area contributed by atoms with E-state index in [2.05, 4.69) is 58.1 Å². The summed E-state index contributed by atoms with van der Waals surface area (Å²) >= 11 is 0. The first kappa shape index (κ1) is 14.3. The molecule has 0 aromatic heterocycles. The predicted molar refractivity (Wildman–Crippen MR) is 87.7 cm³/mol. The Morgan fingerprint density at radius 1 is 1.10 bits per heavy atom. The molecule has 0 heterocycles. The first-order chi connectivity index (χ1) is 9.29. The van der Waals surface area contributed by atoms with Crippen molar-refractivity contribution in [2.45, 2.75) is 70.2 Å². The fourth-order valence-corrected chi connectivity index (χ4v) is 4.86. The molecular formula is C18H28OSi. The molecule has 0 N–H and O–H groups in total. The largest absolute Gasteiger partial charge is 0.413 e. The van der Waals surface area contributed by atoms with E-state index in [9.17, 15) is 0 Å². The molecule has 1 nitrogen and oxygen atoms in total. The predicted octanol–water partition coefficient (Wildman–Crippen LogP) is 5.13.